The quantitative estimate of drug-likeness (QED) is 0.397. The number of anilines is 1. The van der Waals surface area contributed by atoms with Crippen molar-refractivity contribution < 1.29 is 14.2 Å². The van der Waals surface area contributed by atoms with Gasteiger partial charge in [-0.1, -0.05) is 43.7 Å². The van der Waals surface area contributed by atoms with Crippen LogP contribution in [-0.4, -0.2) is 31.3 Å². The zero-order valence-corrected chi connectivity index (χ0v) is 18.5. The minimum Gasteiger partial charge on any atom is -0.505 e. The number of para-hydroxylation sites is 1. The molecule has 30 heavy (non-hydrogen) atoms. The van der Waals surface area contributed by atoms with Crippen LogP contribution >= 0.6 is 22.1 Å². The van der Waals surface area contributed by atoms with Gasteiger partial charge in [0.05, 0.1) is 15.9 Å². The minimum absolute atomic E-state index is 0.0714. The maximum absolute atomic E-state index is 13.3. The lowest BCUT2D eigenvalue weighted by atomic mass is 9.93. The predicted octanol–water partition coefficient (Wildman–Crippen LogP) is 4.65. The fourth-order valence-electron chi connectivity index (χ4n) is 3.25. The second kappa shape index (κ2) is 7.31. The average molecular weight is 449 g/mol. The van der Waals surface area contributed by atoms with E-state index in [4.69, 9.17) is 0 Å². The maximum atomic E-state index is 13.3. The van der Waals surface area contributed by atoms with Crippen LogP contribution in [0.3, 0.4) is 0 Å². The van der Waals surface area contributed by atoms with Crippen LogP contribution in [0.1, 0.15) is 32.8 Å². The van der Waals surface area contributed by atoms with E-state index in [9.17, 15) is 19.0 Å². The summed E-state index contributed by atoms with van der Waals surface area (Å²) in [4.78, 5) is 13.6. The number of fused-ring (bicyclic) bond motifs is 2. The first-order valence-corrected chi connectivity index (χ1v) is 11.8. The van der Waals surface area contributed by atoms with Crippen molar-refractivity contribution in [2.24, 2.45) is 9.81 Å². The van der Waals surface area contributed by atoms with Crippen molar-refractivity contribution in [3.8, 4) is 5.75 Å². The number of rotatable bonds is 4. The Morgan fingerprint density at radius 2 is 1.97 bits per heavy atom. The van der Waals surface area contributed by atoms with Crippen molar-refractivity contribution >= 4 is 43.9 Å². The topological polar surface area (TPSA) is 119 Å². The number of benzene rings is 1. The molecule has 0 unspecified atom stereocenters. The normalized spacial score (nSPS) is 16.5. The second-order valence-corrected chi connectivity index (χ2v) is 10.9. The van der Waals surface area contributed by atoms with Gasteiger partial charge in [-0.15, -0.1) is 15.7 Å². The van der Waals surface area contributed by atoms with Crippen LogP contribution in [0, 0.1) is 5.41 Å². The number of aromatic nitrogens is 1. The van der Waals surface area contributed by atoms with E-state index in [-0.39, 0.29) is 27.5 Å². The van der Waals surface area contributed by atoms with Gasteiger partial charge in [0, 0.05) is 6.54 Å². The number of nitrogens with one attached hydrogen (secondary N) is 2. The van der Waals surface area contributed by atoms with Gasteiger partial charge in [0.15, 0.2) is 11.6 Å². The molecule has 0 fully saturated rings. The predicted molar refractivity (Wildman–Crippen MR) is 124 cm³/mol. The van der Waals surface area contributed by atoms with Crippen molar-refractivity contribution in [2.75, 3.05) is 17.3 Å². The van der Waals surface area contributed by atoms with E-state index in [1.807, 2.05) is 0 Å². The van der Waals surface area contributed by atoms with E-state index in [0.29, 0.717) is 22.4 Å². The maximum Gasteiger partial charge on any atom is 0.284 e. The van der Waals surface area contributed by atoms with Gasteiger partial charge >= 0.3 is 0 Å². The third kappa shape index (κ3) is 3.67. The molecule has 0 saturated carbocycles. The summed E-state index contributed by atoms with van der Waals surface area (Å²) in [7, 11) is -3.51. The summed E-state index contributed by atoms with van der Waals surface area (Å²) in [6.45, 7) is 6.89. The molecule has 4 rings (SSSR count). The van der Waals surface area contributed by atoms with Crippen LogP contribution < -0.4 is 16.3 Å². The van der Waals surface area contributed by atoms with Crippen molar-refractivity contribution in [1.29, 1.82) is 0 Å². The van der Waals surface area contributed by atoms with Gasteiger partial charge in [-0.05, 0) is 35.4 Å². The fourth-order valence-corrected chi connectivity index (χ4v) is 5.24. The van der Waals surface area contributed by atoms with E-state index in [2.05, 4.69) is 35.9 Å². The summed E-state index contributed by atoms with van der Waals surface area (Å²) in [6.07, 6.45) is 0.828. The van der Waals surface area contributed by atoms with E-state index in [1.165, 1.54) is 16.0 Å². The Kier molecular flexibility index (Phi) is 5.05. The lowest BCUT2D eigenvalue weighted by Crippen LogP contribution is -2.36. The molecule has 0 spiro atoms. The molecule has 1 aliphatic heterocycles. The van der Waals surface area contributed by atoms with Crippen LogP contribution in [0.4, 0.5) is 5.69 Å². The highest BCUT2D eigenvalue weighted by Gasteiger charge is 2.30. The summed E-state index contributed by atoms with van der Waals surface area (Å²) in [6, 6.07) is 8.40. The largest absolute Gasteiger partial charge is 0.505 e. The Morgan fingerprint density at radius 3 is 2.70 bits per heavy atom. The first-order chi connectivity index (χ1) is 14.1. The van der Waals surface area contributed by atoms with E-state index < -0.39 is 16.3 Å². The molecule has 0 aliphatic carbocycles. The molecular formula is C20H24N4O4S2. The van der Waals surface area contributed by atoms with Crippen molar-refractivity contribution in [1.82, 2.24) is 4.68 Å². The third-order valence-corrected chi connectivity index (χ3v) is 7.08. The third-order valence-electron chi connectivity index (χ3n) is 4.79. The number of aromatic hydroxyl groups is 1. The van der Waals surface area contributed by atoms with Crippen molar-refractivity contribution in [3.05, 3.63) is 51.6 Å². The Bertz CT molecular complexity index is 1210. The number of hydrogen-bond donors (Lipinski definition) is 5. The van der Waals surface area contributed by atoms with Crippen LogP contribution in [0.2, 0.25) is 0 Å². The molecule has 10 heteroatoms. The monoisotopic (exact) mass is 448 g/mol. The Balaban J connectivity index is 1.84. The van der Waals surface area contributed by atoms with E-state index in [1.54, 1.807) is 35.7 Å². The summed E-state index contributed by atoms with van der Waals surface area (Å²) in [5.74, 6) is -0.308. The highest BCUT2D eigenvalue weighted by atomic mass is 32.3. The number of amidine groups is 1. The van der Waals surface area contributed by atoms with Crippen LogP contribution in [-0.2, 0) is 0 Å². The molecule has 0 amide bonds. The van der Waals surface area contributed by atoms with Crippen molar-refractivity contribution in [2.45, 2.75) is 32.1 Å². The summed E-state index contributed by atoms with van der Waals surface area (Å²) in [5, 5.41) is 15.6. The van der Waals surface area contributed by atoms with E-state index >= 15 is 0 Å². The summed E-state index contributed by atoms with van der Waals surface area (Å²) >= 11 is 1.29. The van der Waals surface area contributed by atoms with Crippen LogP contribution in [0.15, 0.2) is 49.8 Å². The number of pyridine rings is 1. The molecule has 3 heterocycles. The van der Waals surface area contributed by atoms with Crippen molar-refractivity contribution in [3.63, 3.8) is 0 Å². The van der Waals surface area contributed by atoms with E-state index in [0.717, 1.165) is 6.42 Å². The van der Waals surface area contributed by atoms with Gasteiger partial charge in [0.1, 0.15) is 10.5 Å². The number of hydrogen-bond acceptors (Lipinski definition) is 8. The van der Waals surface area contributed by atoms with Gasteiger partial charge in [-0.25, -0.2) is 4.68 Å². The lowest BCUT2D eigenvalue weighted by Gasteiger charge is -2.34. The standard InChI is InChI=1S/C20H24N4O4S2/c1-20(2,3)9-10-21-24-13-8-11-29-17(13)16(25)15(19(24)26)18-22-12-6-4-5-7-14(12)30(27,28)23-18/h4-8,11,21,25,27-28H,9-10H2,1-3H3,(H,22,23). The smallest absolute Gasteiger partial charge is 0.284 e. The van der Waals surface area contributed by atoms with Crippen LogP contribution in [0.5, 0.6) is 5.75 Å². The molecule has 8 nitrogen and oxygen atoms in total. The summed E-state index contributed by atoms with van der Waals surface area (Å²) < 4.78 is 26.9. The molecule has 0 atom stereocenters. The molecule has 0 radical (unpaired) electrons. The van der Waals surface area contributed by atoms with Gasteiger partial charge < -0.3 is 15.8 Å². The molecule has 1 aromatic carbocycles. The average Bonchev–Trinajstić information content (AvgIpc) is 3.13. The zero-order valence-electron chi connectivity index (χ0n) is 16.8. The highest BCUT2D eigenvalue weighted by molar-refractivity contribution is 8.23. The minimum atomic E-state index is -3.51. The highest BCUT2D eigenvalue weighted by Crippen LogP contribution is 2.55. The molecule has 3 aromatic rings. The molecule has 5 N–H and O–H groups in total. The first-order valence-electron chi connectivity index (χ1n) is 9.42. The molecule has 2 aromatic heterocycles. The molecule has 0 saturated heterocycles. The Hall–Kier alpha value is -2.53. The first kappa shape index (κ1) is 20.7. The lowest BCUT2D eigenvalue weighted by molar-refractivity contribution is 0.384. The SMILES string of the molecule is CC(C)(C)CCNn1c(=O)c(C2=NS(O)(O)c3ccccc3N2)c(O)c2sccc21. The van der Waals surface area contributed by atoms with Gasteiger partial charge in [-0.2, -0.15) is 0 Å². The van der Waals surface area contributed by atoms with Gasteiger partial charge in [-0.3, -0.25) is 13.9 Å². The Morgan fingerprint density at radius 1 is 1.23 bits per heavy atom. The molecule has 1 aliphatic rings. The molecule has 160 valence electrons. The zero-order chi connectivity index (χ0) is 21.7. The number of nitrogens with zero attached hydrogens (tertiary/aromatic N) is 2. The molecular weight excluding hydrogens is 424 g/mol. The van der Waals surface area contributed by atoms with Crippen LogP contribution in [0.25, 0.3) is 10.2 Å². The molecule has 0 bridgehead atoms. The number of thiophene rings is 1. The summed E-state index contributed by atoms with van der Waals surface area (Å²) in [5.41, 5.74) is 3.59. The van der Waals surface area contributed by atoms with Gasteiger partial charge in [0.2, 0.25) is 0 Å². The Labute approximate surface area is 179 Å². The second-order valence-electron chi connectivity index (χ2n) is 8.30. The fraction of sp³-hybridized carbons (Fsp3) is 0.300. The van der Waals surface area contributed by atoms with Gasteiger partial charge in [0.25, 0.3) is 5.56 Å².